The SMILES string of the molecule is CCOc1cc(F)ccc1NCc1coc2ccccc12. The third-order valence-corrected chi connectivity index (χ3v) is 3.27. The fourth-order valence-corrected chi connectivity index (χ4v) is 2.28. The molecule has 0 aliphatic rings. The number of benzene rings is 2. The zero-order valence-electron chi connectivity index (χ0n) is 11.7. The molecule has 4 heteroatoms. The third kappa shape index (κ3) is 2.84. The molecule has 0 amide bonds. The fraction of sp³-hybridized carbons (Fsp3) is 0.176. The maximum absolute atomic E-state index is 13.3. The van der Waals surface area contributed by atoms with Gasteiger partial charge in [0.15, 0.2) is 0 Å². The van der Waals surface area contributed by atoms with Crippen LogP contribution in [0.1, 0.15) is 12.5 Å². The standard InChI is InChI=1S/C17H16FNO2/c1-2-20-17-9-13(18)7-8-15(17)19-10-12-11-21-16-6-4-3-5-14(12)16/h3-9,11,19H,2,10H2,1H3. The molecule has 21 heavy (non-hydrogen) atoms. The summed E-state index contributed by atoms with van der Waals surface area (Å²) >= 11 is 0. The van der Waals surface area contributed by atoms with Crippen LogP contribution in [0.25, 0.3) is 11.0 Å². The summed E-state index contributed by atoms with van der Waals surface area (Å²) in [5.41, 5.74) is 2.68. The summed E-state index contributed by atoms with van der Waals surface area (Å²) in [5, 5.41) is 4.34. The summed E-state index contributed by atoms with van der Waals surface area (Å²) in [6.45, 7) is 2.95. The van der Waals surface area contributed by atoms with Crippen molar-refractivity contribution in [2.24, 2.45) is 0 Å². The Labute approximate surface area is 122 Å². The van der Waals surface area contributed by atoms with Crippen LogP contribution in [0.4, 0.5) is 10.1 Å². The zero-order chi connectivity index (χ0) is 14.7. The molecule has 3 rings (SSSR count). The van der Waals surface area contributed by atoms with E-state index in [0.717, 1.165) is 22.2 Å². The highest BCUT2D eigenvalue weighted by Gasteiger charge is 2.08. The second kappa shape index (κ2) is 5.87. The van der Waals surface area contributed by atoms with Gasteiger partial charge in [-0.15, -0.1) is 0 Å². The summed E-state index contributed by atoms with van der Waals surface area (Å²) in [7, 11) is 0. The Bertz CT molecular complexity index is 751. The first kappa shape index (κ1) is 13.5. The molecule has 108 valence electrons. The van der Waals surface area contributed by atoms with Crippen molar-refractivity contribution in [3.8, 4) is 5.75 Å². The van der Waals surface area contributed by atoms with Crippen molar-refractivity contribution < 1.29 is 13.5 Å². The van der Waals surface area contributed by atoms with Crippen molar-refractivity contribution >= 4 is 16.7 Å². The van der Waals surface area contributed by atoms with Gasteiger partial charge in [0.25, 0.3) is 0 Å². The van der Waals surface area contributed by atoms with Gasteiger partial charge >= 0.3 is 0 Å². The van der Waals surface area contributed by atoms with Crippen LogP contribution in [0.2, 0.25) is 0 Å². The monoisotopic (exact) mass is 285 g/mol. The average Bonchev–Trinajstić information content (AvgIpc) is 2.90. The quantitative estimate of drug-likeness (QED) is 0.745. The van der Waals surface area contributed by atoms with Gasteiger partial charge in [-0.05, 0) is 25.1 Å². The third-order valence-electron chi connectivity index (χ3n) is 3.27. The van der Waals surface area contributed by atoms with E-state index in [1.807, 2.05) is 31.2 Å². The van der Waals surface area contributed by atoms with Crippen LogP contribution in [0.15, 0.2) is 53.1 Å². The molecule has 0 saturated carbocycles. The van der Waals surface area contributed by atoms with Crippen molar-refractivity contribution in [1.82, 2.24) is 0 Å². The molecule has 2 aromatic carbocycles. The molecule has 0 radical (unpaired) electrons. The highest BCUT2D eigenvalue weighted by atomic mass is 19.1. The van der Waals surface area contributed by atoms with Gasteiger partial charge < -0.3 is 14.5 Å². The smallest absolute Gasteiger partial charge is 0.145 e. The van der Waals surface area contributed by atoms with E-state index in [1.165, 1.54) is 12.1 Å². The van der Waals surface area contributed by atoms with E-state index >= 15 is 0 Å². The molecule has 0 atom stereocenters. The van der Waals surface area contributed by atoms with E-state index in [2.05, 4.69) is 5.32 Å². The number of hydrogen-bond acceptors (Lipinski definition) is 3. The highest BCUT2D eigenvalue weighted by molar-refractivity contribution is 5.81. The first-order chi connectivity index (χ1) is 10.3. The summed E-state index contributed by atoms with van der Waals surface area (Å²) in [5.74, 6) is 0.211. The van der Waals surface area contributed by atoms with Crippen molar-refractivity contribution in [3.05, 3.63) is 60.1 Å². The molecule has 3 aromatic rings. The van der Waals surface area contributed by atoms with Crippen LogP contribution in [0, 0.1) is 5.82 Å². The topological polar surface area (TPSA) is 34.4 Å². The minimum absolute atomic E-state index is 0.308. The Hall–Kier alpha value is -2.49. The number of fused-ring (bicyclic) bond motifs is 1. The normalized spacial score (nSPS) is 10.8. The number of anilines is 1. The van der Waals surface area contributed by atoms with E-state index in [0.29, 0.717) is 18.9 Å². The van der Waals surface area contributed by atoms with Crippen LogP contribution >= 0.6 is 0 Å². The van der Waals surface area contributed by atoms with E-state index in [9.17, 15) is 4.39 Å². The fourth-order valence-electron chi connectivity index (χ4n) is 2.28. The van der Waals surface area contributed by atoms with E-state index in [1.54, 1.807) is 12.3 Å². The minimum atomic E-state index is -0.308. The van der Waals surface area contributed by atoms with Crippen molar-refractivity contribution in [2.45, 2.75) is 13.5 Å². The largest absolute Gasteiger partial charge is 0.492 e. The maximum atomic E-state index is 13.3. The van der Waals surface area contributed by atoms with Crippen LogP contribution in [0.5, 0.6) is 5.75 Å². The average molecular weight is 285 g/mol. The van der Waals surface area contributed by atoms with E-state index in [4.69, 9.17) is 9.15 Å². The molecular weight excluding hydrogens is 269 g/mol. The molecule has 0 aliphatic heterocycles. The minimum Gasteiger partial charge on any atom is -0.492 e. The molecule has 1 N–H and O–H groups in total. The van der Waals surface area contributed by atoms with Crippen LogP contribution < -0.4 is 10.1 Å². The Morgan fingerprint density at radius 1 is 1.19 bits per heavy atom. The van der Waals surface area contributed by atoms with Crippen LogP contribution in [0.3, 0.4) is 0 Å². The summed E-state index contributed by atoms with van der Waals surface area (Å²) < 4.78 is 24.2. The van der Waals surface area contributed by atoms with Gasteiger partial charge in [0.2, 0.25) is 0 Å². The van der Waals surface area contributed by atoms with Gasteiger partial charge in [0.1, 0.15) is 17.1 Å². The second-order valence-corrected chi connectivity index (χ2v) is 4.68. The number of halogens is 1. The van der Waals surface area contributed by atoms with Crippen molar-refractivity contribution in [1.29, 1.82) is 0 Å². The number of nitrogens with one attached hydrogen (secondary N) is 1. The predicted molar refractivity (Wildman–Crippen MR) is 81.1 cm³/mol. The van der Waals surface area contributed by atoms with Gasteiger partial charge in [-0.25, -0.2) is 4.39 Å². The number of rotatable bonds is 5. The van der Waals surface area contributed by atoms with Gasteiger partial charge in [0.05, 0.1) is 18.6 Å². The van der Waals surface area contributed by atoms with Crippen molar-refractivity contribution in [3.63, 3.8) is 0 Å². The van der Waals surface area contributed by atoms with Gasteiger partial charge in [-0.1, -0.05) is 18.2 Å². The first-order valence-corrected chi connectivity index (χ1v) is 6.89. The van der Waals surface area contributed by atoms with E-state index < -0.39 is 0 Å². The molecule has 0 fully saturated rings. The molecule has 0 saturated heterocycles. The lowest BCUT2D eigenvalue weighted by atomic mass is 10.1. The summed E-state index contributed by atoms with van der Waals surface area (Å²) in [6, 6.07) is 12.4. The van der Waals surface area contributed by atoms with E-state index in [-0.39, 0.29) is 5.82 Å². The Kier molecular flexibility index (Phi) is 3.77. The van der Waals surface area contributed by atoms with Gasteiger partial charge in [-0.2, -0.15) is 0 Å². The second-order valence-electron chi connectivity index (χ2n) is 4.68. The number of hydrogen-bond donors (Lipinski definition) is 1. The molecule has 0 bridgehead atoms. The van der Waals surface area contributed by atoms with Crippen molar-refractivity contribution in [2.75, 3.05) is 11.9 Å². The number of furan rings is 1. The lowest BCUT2D eigenvalue weighted by Gasteiger charge is -2.12. The zero-order valence-corrected chi connectivity index (χ0v) is 11.7. The van der Waals surface area contributed by atoms with Gasteiger partial charge in [0, 0.05) is 23.6 Å². The van der Waals surface area contributed by atoms with Crippen LogP contribution in [-0.2, 0) is 6.54 Å². The molecule has 1 aromatic heterocycles. The lowest BCUT2D eigenvalue weighted by Crippen LogP contribution is -2.02. The Morgan fingerprint density at radius 2 is 2.05 bits per heavy atom. The molecular formula is C17H16FNO2. The summed E-state index contributed by atoms with van der Waals surface area (Å²) in [6.07, 6.45) is 1.74. The molecule has 1 heterocycles. The molecule has 0 spiro atoms. The maximum Gasteiger partial charge on any atom is 0.145 e. The highest BCUT2D eigenvalue weighted by Crippen LogP contribution is 2.27. The predicted octanol–water partition coefficient (Wildman–Crippen LogP) is 4.58. The molecule has 3 nitrogen and oxygen atoms in total. The molecule has 0 aliphatic carbocycles. The Morgan fingerprint density at radius 3 is 2.90 bits per heavy atom. The number of ether oxygens (including phenoxy) is 1. The first-order valence-electron chi connectivity index (χ1n) is 6.89. The summed E-state index contributed by atoms with van der Waals surface area (Å²) in [4.78, 5) is 0. The molecule has 0 unspecified atom stereocenters. The van der Waals surface area contributed by atoms with Gasteiger partial charge in [-0.3, -0.25) is 0 Å². The van der Waals surface area contributed by atoms with Crippen LogP contribution in [-0.4, -0.2) is 6.61 Å². The Balaban J connectivity index is 1.81. The number of para-hydroxylation sites is 1. The lowest BCUT2D eigenvalue weighted by molar-refractivity contribution is 0.340.